The van der Waals surface area contributed by atoms with Gasteiger partial charge >= 0.3 is 11.8 Å². The van der Waals surface area contributed by atoms with Crippen molar-refractivity contribution >= 4 is 29.1 Å². The molecule has 1 aromatic carbocycles. The summed E-state index contributed by atoms with van der Waals surface area (Å²) in [5, 5.41) is 15.8. The van der Waals surface area contributed by atoms with Gasteiger partial charge in [-0.1, -0.05) is 31.9 Å². The number of carbonyl (C=O) groups is 2. The van der Waals surface area contributed by atoms with Gasteiger partial charge in [-0.15, -0.1) is 0 Å². The summed E-state index contributed by atoms with van der Waals surface area (Å²) in [6, 6.07) is 4.97. The molecule has 2 amide bonds. The average Bonchev–Trinajstić information content (AvgIpc) is 2.46. The van der Waals surface area contributed by atoms with Gasteiger partial charge in [-0.2, -0.15) is 0 Å². The molecule has 6 heteroatoms. The minimum atomic E-state index is -1.05. The molecule has 0 radical (unpaired) electrons. The third-order valence-corrected chi connectivity index (χ3v) is 4.16. The highest BCUT2D eigenvalue weighted by molar-refractivity contribution is 6.39. The van der Waals surface area contributed by atoms with Gasteiger partial charge in [0.25, 0.3) is 0 Å². The van der Waals surface area contributed by atoms with Crippen LogP contribution in [0.3, 0.4) is 0 Å². The molecule has 0 saturated carbocycles. The van der Waals surface area contributed by atoms with Crippen LogP contribution in [0.15, 0.2) is 18.2 Å². The van der Waals surface area contributed by atoms with Crippen LogP contribution in [0.4, 0.5) is 5.69 Å². The van der Waals surface area contributed by atoms with E-state index in [9.17, 15) is 14.7 Å². The summed E-state index contributed by atoms with van der Waals surface area (Å²) in [5.74, 6) is -1.54. The lowest BCUT2D eigenvalue weighted by atomic mass is 9.89. The van der Waals surface area contributed by atoms with Crippen molar-refractivity contribution in [1.82, 2.24) is 5.32 Å². The maximum absolute atomic E-state index is 11.9. The van der Waals surface area contributed by atoms with Gasteiger partial charge in [-0.25, -0.2) is 0 Å². The third kappa shape index (κ3) is 5.00. The molecular weight excluding hydrogens is 304 g/mol. The number of benzene rings is 1. The van der Waals surface area contributed by atoms with Crippen LogP contribution < -0.4 is 10.6 Å². The van der Waals surface area contributed by atoms with Gasteiger partial charge in [0.1, 0.15) is 0 Å². The number of anilines is 1. The van der Waals surface area contributed by atoms with Crippen molar-refractivity contribution in [2.75, 3.05) is 11.9 Å². The van der Waals surface area contributed by atoms with E-state index in [1.807, 2.05) is 13.8 Å². The smallest absolute Gasteiger partial charge is 0.313 e. The molecule has 0 spiro atoms. The van der Waals surface area contributed by atoms with E-state index in [1.54, 1.807) is 32.0 Å². The van der Waals surface area contributed by atoms with Gasteiger partial charge in [0.2, 0.25) is 0 Å². The van der Waals surface area contributed by atoms with Gasteiger partial charge in [-0.05, 0) is 43.5 Å². The summed E-state index contributed by atoms with van der Waals surface area (Å²) >= 11 is 5.84. The van der Waals surface area contributed by atoms with E-state index in [1.165, 1.54) is 0 Å². The molecule has 0 aliphatic rings. The number of carbonyl (C=O) groups excluding carboxylic acids is 2. The molecule has 0 fully saturated rings. The number of amides is 2. The topological polar surface area (TPSA) is 78.4 Å². The second-order valence-electron chi connectivity index (χ2n) is 5.76. The highest BCUT2D eigenvalue weighted by atomic mass is 35.5. The normalized spacial score (nSPS) is 14.8. The standard InChI is InChI=1S/C16H23ClN2O3/c1-5-11(3)16(4,22)9-18-14(20)15(21)19-13-7-6-12(17)8-10(13)2/h6-8,11,22H,5,9H2,1-4H3,(H,18,20)(H,19,21)/t11-,16-/m1/s1. The van der Waals surface area contributed by atoms with Crippen LogP contribution in [0.1, 0.15) is 32.8 Å². The fraction of sp³-hybridized carbons (Fsp3) is 0.500. The van der Waals surface area contributed by atoms with Crippen LogP contribution in [0.5, 0.6) is 0 Å². The molecule has 22 heavy (non-hydrogen) atoms. The lowest BCUT2D eigenvalue weighted by molar-refractivity contribution is -0.137. The first-order chi connectivity index (χ1) is 10.2. The first-order valence-electron chi connectivity index (χ1n) is 7.25. The Morgan fingerprint density at radius 3 is 2.55 bits per heavy atom. The van der Waals surface area contributed by atoms with E-state index >= 15 is 0 Å². The molecule has 0 aliphatic carbocycles. The zero-order valence-corrected chi connectivity index (χ0v) is 14.1. The number of hydrogen-bond donors (Lipinski definition) is 3. The minimum Gasteiger partial charge on any atom is -0.388 e. The average molecular weight is 327 g/mol. The van der Waals surface area contributed by atoms with Crippen molar-refractivity contribution in [3.05, 3.63) is 28.8 Å². The Labute approximate surface area is 136 Å². The lowest BCUT2D eigenvalue weighted by Crippen LogP contribution is -2.47. The van der Waals surface area contributed by atoms with Crippen LogP contribution in [0.2, 0.25) is 5.02 Å². The molecule has 0 aliphatic heterocycles. The van der Waals surface area contributed by atoms with Crippen LogP contribution >= 0.6 is 11.6 Å². The van der Waals surface area contributed by atoms with E-state index in [2.05, 4.69) is 10.6 Å². The molecule has 2 atom stereocenters. The van der Waals surface area contributed by atoms with E-state index in [0.717, 1.165) is 12.0 Å². The number of aryl methyl sites for hydroxylation is 1. The van der Waals surface area contributed by atoms with E-state index in [0.29, 0.717) is 10.7 Å². The Morgan fingerprint density at radius 1 is 1.36 bits per heavy atom. The molecule has 122 valence electrons. The van der Waals surface area contributed by atoms with E-state index in [4.69, 9.17) is 11.6 Å². The highest BCUT2D eigenvalue weighted by Gasteiger charge is 2.28. The van der Waals surface area contributed by atoms with Gasteiger partial charge < -0.3 is 15.7 Å². The maximum Gasteiger partial charge on any atom is 0.313 e. The Kier molecular flexibility index (Phi) is 6.38. The van der Waals surface area contributed by atoms with Crippen molar-refractivity contribution in [1.29, 1.82) is 0 Å². The predicted molar refractivity (Wildman–Crippen MR) is 87.9 cm³/mol. The minimum absolute atomic E-state index is 0.00868. The SMILES string of the molecule is CC[C@@H](C)[C@](C)(O)CNC(=O)C(=O)Nc1ccc(Cl)cc1C. The maximum atomic E-state index is 11.9. The molecule has 5 nitrogen and oxygen atoms in total. The third-order valence-electron chi connectivity index (χ3n) is 3.92. The van der Waals surface area contributed by atoms with Crippen molar-refractivity contribution in [3.63, 3.8) is 0 Å². The van der Waals surface area contributed by atoms with Crippen LogP contribution in [-0.2, 0) is 9.59 Å². The Hall–Kier alpha value is -1.59. The summed E-state index contributed by atoms with van der Waals surface area (Å²) in [5.41, 5.74) is 0.236. The molecule has 0 unspecified atom stereocenters. The van der Waals surface area contributed by atoms with E-state index in [-0.39, 0.29) is 12.5 Å². The summed E-state index contributed by atoms with van der Waals surface area (Å²) in [7, 11) is 0. The largest absolute Gasteiger partial charge is 0.388 e. The summed E-state index contributed by atoms with van der Waals surface area (Å²) in [6.07, 6.45) is 0.777. The first-order valence-corrected chi connectivity index (χ1v) is 7.63. The van der Waals surface area contributed by atoms with Crippen molar-refractivity contribution in [2.24, 2.45) is 5.92 Å². The fourth-order valence-electron chi connectivity index (χ4n) is 1.90. The van der Waals surface area contributed by atoms with Crippen LogP contribution in [0, 0.1) is 12.8 Å². The van der Waals surface area contributed by atoms with Gasteiger partial charge in [-0.3, -0.25) is 9.59 Å². The number of rotatable bonds is 5. The molecule has 0 heterocycles. The van der Waals surface area contributed by atoms with Crippen molar-refractivity contribution < 1.29 is 14.7 Å². The molecule has 1 aromatic rings. The predicted octanol–water partition coefficient (Wildman–Crippen LogP) is 2.50. The van der Waals surface area contributed by atoms with Crippen LogP contribution in [-0.4, -0.2) is 29.1 Å². The highest BCUT2D eigenvalue weighted by Crippen LogP contribution is 2.20. The monoisotopic (exact) mass is 326 g/mol. The second kappa shape index (κ2) is 7.61. The lowest BCUT2D eigenvalue weighted by Gasteiger charge is -2.29. The molecule has 0 aromatic heterocycles. The summed E-state index contributed by atoms with van der Waals surface area (Å²) in [4.78, 5) is 23.7. The van der Waals surface area contributed by atoms with Gasteiger partial charge in [0.15, 0.2) is 0 Å². The number of nitrogens with one attached hydrogen (secondary N) is 2. The van der Waals surface area contributed by atoms with Crippen molar-refractivity contribution in [2.45, 2.75) is 39.7 Å². The molecule has 0 bridgehead atoms. The molecule has 0 saturated heterocycles. The van der Waals surface area contributed by atoms with E-state index < -0.39 is 17.4 Å². The summed E-state index contributed by atoms with van der Waals surface area (Å²) in [6.45, 7) is 7.30. The number of hydrogen-bond acceptors (Lipinski definition) is 3. The van der Waals surface area contributed by atoms with Gasteiger partial charge in [0, 0.05) is 17.3 Å². The Bertz CT molecular complexity index is 558. The number of aliphatic hydroxyl groups is 1. The Balaban J connectivity index is 2.61. The zero-order valence-electron chi connectivity index (χ0n) is 13.4. The molecule has 1 rings (SSSR count). The summed E-state index contributed by atoms with van der Waals surface area (Å²) < 4.78 is 0. The molecule has 3 N–H and O–H groups in total. The second-order valence-corrected chi connectivity index (χ2v) is 6.20. The fourth-order valence-corrected chi connectivity index (χ4v) is 2.13. The van der Waals surface area contributed by atoms with Gasteiger partial charge in [0.05, 0.1) is 5.60 Å². The quantitative estimate of drug-likeness (QED) is 0.727. The first kappa shape index (κ1) is 18.5. The molecular formula is C16H23ClN2O3. The van der Waals surface area contributed by atoms with Crippen LogP contribution in [0.25, 0.3) is 0 Å². The number of halogens is 1. The Morgan fingerprint density at radius 2 is 2.00 bits per heavy atom. The van der Waals surface area contributed by atoms with Crippen molar-refractivity contribution in [3.8, 4) is 0 Å². The zero-order chi connectivity index (χ0) is 16.9.